The minimum Gasteiger partial charge on any atom is -0.493 e. The Balaban J connectivity index is 1.77. The van der Waals surface area contributed by atoms with E-state index in [2.05, 4.69) is 5.32 Å². The largest absolute Gasteiger partial charge is 0.493 e. The van der Waals surface area contributed by atoms with Crippen molar-refractivity contribution < 1.29 is 23.7 Å². The number of benzene rings is 3. The Morgan fingerprint density at radius 2 is 1.58 bits per heavy atom. The van der Waals surface area contributed by atoms with Gasteiger partial charge in [-0.05, 0) is 35.9 Å². The molecule has 0 spiro atoms. The first-order chi connectivity index (χ1) is 15.1. The molecule has 0 aliphatic carbocycles. The van der Waals surface area contributed by atoms with Crippen molar-refractivity contribution in [1.82, 2.24) is 5.32 Å². The van der Waals surface area contributed by atoms with Crippen LogP contribution in [-0.4, -0.2) is 27.2 Å². The lowest BCUT2D eigenvalue weighted by atomic mass is 10.1. The summed E-state index contributed by atoms with van der Waals surface area (Å²) in [5.41, 5.74) is 2.09. The fourth-order valence-corrected chi connectivity index (χ4v) is 3.29. The highest BCUT2D eigenvalue weighted by Crippen LogP contribution is 2.39. The number of nitrogens with one attached hydrogen (secondary N) is 1. The second-order valence-electron chi connectivity index (χ2n) is 6.59. The van der Waals surface area contributed by atoms with Crippen molar-refractivity contribution in [2.24, 2.45) is 0 Å². The van der Waals surface area contributed by atoms with E-state index in [1.54, 1.807) is 31.4 Å². The minimum absolute atomic E-state index is 0.215. The molecule has 0 fully saturated rings. The number of hydrogen-bond acceptors (Lipinski definition) is 5. The van der Waals surface area contributed by atoms with Crippen LogP contribution in [-0.2, 0) is 13.2 Å². The molecule has 0 heterocycles. The van der Waals surface area contributed by atoms with Gasteiger partial charge in [-0.2, -0.15) is 0 Å². The van der Waals surface area contributed by atoms with Gasteiger partial charge in [0.25, 0.3) is 5.91 Å². The topological polar surface area (TPSA) is 66.0 Å². The van der Waals surface area contributed by atoms with Crippen molar-refractivity contribution in [3.63, 3.8) is 0 Å². The van der Waals surface area contributed by atoms with Crippen molar-refractivity contribution in [2.45, 2.75) is 13.2 Å². The van der Waals surface area contributed by atoms with E-state index < -0.39 is 0 Å². The first kappa shape index (κ1) is 22.3. The van der Waals surface area contributed by atoms with Gasteiger partial charge in [0.2, 0.25) is 5.75 Å². The Hall–Kier alpha value is -3.38. The number of hydrogen-bond donors (Lipinski definition) is 1. The third-order valence-electron chi connectivity index (χ3n) is 4.65. The van der Waals surface area contributed by atoms with Crippen LogP contribution in [0.3, 0.4) is 0 Å². The van der Waals surface area contributed by atoms with Gasteiger partial charge in [-0.25, -0.2) is 0 Å². The summed E-state index contributed by atoms with van der Waals surface area (Å²) in [5.74, 6) is 1.63. The lowest BCUT2D eigenvalue weighted by Gasteiger charge is -2.16. The van der Waals surface area contributed by atoms with Gasteiger partial charge in [0, 0.05) is 17.1 Å². The monoisotopic (exact) mass is 441 g/mol. The predicted molar refractivity (Wildman–Crippen MR) is 119 cm³/mol. The van der Waals surface area contributed by atoms with Gasteiger partial charge in [0.1, 0.15) is 12.4 Å². The van der Waals surface area contributed by atoms with E-state index >= 15 is 0 Å². The van der Waals surface area contributed by atoms with E-state index in [1.165, 1.54) is 14.2 Å². The average Bonchev–Trinajstić information content (AvgIpc) is 2.81. The lowest BCUT2D eigenvalue weighted by Crippen LogP contribution is -2.24. The first-order valence-corrected chi connectivity index (χ1v) is 9.97. The molecular formula is C24H24ClNO5. The molecular weight excluding hydrogens is 418 g/mol. The number of ether oxygens (including phenoxy) is 4. The van der Waals surface area contributed by atoms with Crippen molar-refractivity contribution >= 4 is 17.5 Å². The highest BCUT2D eigenvalue weighted by atomic mass is 35.5. The summed E-state index contributed by atoms with van der Waals surface area (Å²) in [6.07, 6.45) is 0. The molecule has 0 saturated heterocycles. The molecule has 6 nitrogen and oxygen atoms in total. The Morgan fingerprint density at radius 3 is 2.26 bits per heavy atom. The van der Waals surface area contributed by atoms with Gasteiger partial charge in [0.05, 0.1) is 26.9 Å². The molecule has 3 aromatic rings. The maximum Gasteiger partial charge on any atom is 0.255 e. The van der Waals surface area contributed by atoms with E-state index in [0.29, 0.717) is 40.2 Å². The van der Waals surface area contributed by atoms with Crippen LogP contribution in [0, 0.1) is 0 Å². The molecule has 3 rings (SSSR count). The average molecular weight is 442 g/mol. The van der Waals surface area contributed by atoms with Gasteiger partial charge in [-0.1, -0.05) is 41.9 Å². The van der Waals surface area contributed by atoms with Gasteiger partial charge >= 0.3 is 0 Å². The highest BCUT2D eigenvalue weighted by molar-refractivity contribution is 6.31. The van der Waals surface area contributed by atoms with Gasteiger partial charge < -0.3 is 24.3 Å². The van der Waals surface area contributed by atoms with Crippen LogP contribution < -0.4 is 24.3 Å². The molecule has 7 heteroatoms. The molecule has 0 bridgehead atoms. The summed E-state index contributed by atoms with van der Waals surface area (Å²) in [6.45, 7) is 0.555. The van der Waals surface area contributed by atoms with Gasteiger partial charge in [-0.3, -0.25) is 4.79 Å². The van der Waals surface area contributed by atoms with Crippen LogP contribution in [0.2, 0.25) is 5.02 Å². The quantitative estimate of drug-likeness (QED) is 0.513. The van der Waals surface area contributed by atoms with E-state index in [4.69, 9.17) is 30.5 Å². The van der Waals surface area contributed by atoms with Crippen LogP contribution in [0.25, 0.3) is 0 Å². The fourth-order valence-electron chi connectivity index (χ4n) is 3.11. The molecule has 0 saturated carbocycles. The summed E-state index contributed by atoms with van der Waals surface area (Å²) >= 11 is 6.13. The Labute approximate surface area is 186 Å². The van der Waals surface area contributed by atoms with E-state index in [-0.39, 0.29) is 12.5 Å². The molecule has 0 aliphatic rings. The normalized spacial score (nSPS) is 10.3. The Kier molecular flexibility index (Phi) is 7.62. The summed E-state index contributed by atoms with van der Waals surface area (Å²) in [4.78, 5) is 12.9. The molecule has 0 aromatic heterocycles. The zero-order valence-electron chi connectivity index (χ0n) is 17.6. The van der Waals surface area contributed by atoms with Crippen molar-refractivity contribution in [2.75, 3.05) is 21.3 Å². The molecule has 0 radical (unpaired) electrons. The SMILES string of the molecule is COc1ccc(CNC(=O)c2cc(Cl)ccc2OCc2ccccc2)c(OC)c1OC. The van der Waals surface area contributed by atoms with Crippen molar-refractivity contribution in [3.8, 4) is 23.0 Å². The lowest BCUT2D eigenvalue weighted by molar-refractivity contribution is 0.0946. The molecule has 1 amide bonds. The first-order valence-electron chi connectivity index (χ1n) is 9.59. The highest BCUT2D eigenvalue weighted by Gasteiger charge is 2.18. The third kappa shape index (κ3) is 5.41. The summed E-state index contributed by atoms with van der Waals surface area (Å²) in [5, 5.41) is 3.34. The molecule has 0 unspecified atom stereocenters. The van der Waals surface area contributed by atoms with Gasteiger partial charge in [-0.15, -0.1) is 0 Å². The number of rotatable bonds is 9. The standard InChI is InChI=1S/C24H24ClNO5/c1-28-21-11-9-17(22(29-2)23(21)30-3)14-26-24(27)19-13-18(25)10-12-20(19)31-15-16-7-5-4-6-8-16/h4-13H,14-15H2,1-3H3,(H,26,27). The smallest absolute Gasteiger partial charge is 0.255 e. The van der Waals surface area contributed by atoms with Crippen molar-refractivity contribution in [1.29, 1.82) is 0 Å². The molecule has 1 N–H and O–H groups in total. The number of carbonyl (C=O) groups is 1. The number of carbonyl (C=O) groups excluding carboxylic acids is 1. The van der Waals surface area contributed by atoms with Crippen molar-refractivity contribution in [3.05, 3.63) is 82.4 Å². The van der Waals surface area contributed by atoms with Gasteiger partial charge in [0.15, 0.2) is 11.5 Å². The molecule has 31 heavy (non-hydrogen) atoms. The maximum atomic E-state index is 12.9. The Morgan fingerprint density at radius 1 is 0.871 bits per heavy atom. The zero-order chi connectivity index (χ0) is 22.2. The zero-order valence-corrected chi connectivity index (χ0v) is 18.4. The predicted octanol–water partition coefficient (Wildman–Crippen LogP) is 4.87. The number of halogens is 1. The summed E-state index contributed by atoms with van der Waals surface area (Å²) in [6, 6.07) is 18.3. The second kappa shape index (κ2) is 10.6. The molecule has 3 aromatic carbocycles. The minimum atomic E-state index is -0.317. The second-order valence-corrected chi connectivity index (χ2v) is 7.03. The summed E-state index contributed by atoms with van der Waals surface area (Å²) < 4.78 is 22.1. The maximum absolute atomic E-state index is 12.9. The number of methoxy groups -OCH3 is 3. The van der Waals surface area contributed by atoms with Crippen LogP contribution in [0.15, 0.2) is 60.7 Å². The fraction of sp³-hybridized carbons (Fsp3) is 0.208. The molecule has 162 valence electrons. The molecule has 0 aliphatic heterocycles. The van der Waals surface area contributed by atoms with E-state index in [9.17, 15) is 4.79 Å². The van der Waals surface area contributed by atoms with E-state index in [1.807, 2.05) is 36.4 Å². The Bertz CT molecular complexity index is 1040. The number of amides is 1. The summed E-state index contributed by atoms with van der Waals surface area (Å²) in [7, 11) is 4.62. The van der Waals surface area contributed by atoms with Crippen LogP contribution in [0.4, 0.5) is 0 Å². The van der Waals surface area contributed by atoms with Crippen LogP contribution in [0.5, 0.6) is 23.0 Å². The third-order valence-corrected chi connectivity index (χ3v) is 4.88. The van der Waals surface area contributed by atoms with E-state index in [0.717, 1.165) is 11.1 Å². The van der Waals surface area contributed by atoms with Crippen LogP contribution >= 0.6 is 11.6 Å². The van der Waals surface area contributed by atoms with Crippen LogP contribution in [0.1, 0.15) is 21.5 Å². The molecule has 0 atom stereocenters.